The van der Waals surface area contributed by atoms with Gasteiger partial charge in [0.25, 0.3) is 0 Å². The molecule has 17 heavy (non-hydrogen) atoms. The van der Waals surface area contributed by atoms with Gasteiger partial charge in [-0.05, 0) is 17.7 Å². The molecule has 0 aromatic heterocycles. The first-order valence-corrected chi connectivity index (χ1v) is 5.84. The summed E-state index contributed by atoms with van der Waals surface area (Å²) in [5, 5.41) is 0.698. The van der Waals surface area contributed by atoms with Crippen LogP contribution in [-0.2, 0) is 9.53 Å². The van der Waals surface area contributed by atoms with Crippen LogP contribution < -0.4 is 0 Å². The fourth-order valence-corrected chi connectivity index (χ4v) is 1.96. The van der Waals surface area contributed by atoms with Crippen LogP contribution in [0.25, 0.3) is 0 Å². The Hall–Kier alpha value is -1.32. The summed E-state index contributed by atoms with van der Waals surface area (Å²) in [5.41, 5.74) is 1.04. The predicted molar refractivity (Wildman–Crippen MR) is 66.9 cm³/mol. The van der Waals surface area contributed by atoms with Gasteiger partial charge in [-0.1, -0.05) is 29.8 Å². The van der Waals surface area contributed by atoms with Crippen molar-refractivity contribution < 1.29 is 9.53 Å². The summed E-state index contributed by atoms with van der Waals surface area (Å²) in [6.45, 7) is 4.90. The van der Waals surface area contributed by atoms with Crippen molar-refractivity contribution in [3.05, 3.63) is 47.5 Å². The van der Waals surface area contributed by atoms with Gasteiger partial charge in [0, 0.05) is 11.6 Å². The van der Waals surface area contributed by atoms with Crippen molar-refractivity contribution in [2.45, 2.75) is 6.10 Å². The Morgan fingerprint density at radius 2 is 2.18 bits per heavy atom. The fourth-order valence-electron chi connectivity index (χ4n) is 1.83. The highest BCUT2D eigenvalue weighted by atomic mass is 35.5. The van der Waals surface area contributed by atoms with Gasteiger partial charge in [-0.3, -0.25) is 4.79 Å². The van der Waals surface area contributed by atoms with E-state index in [4.69, 9.17) is 16.3 Å². The van der Waals surface area contributed by atoms with Gasteiger partial charge in [-0.15, -0.1) is 6.58 Å². The molecular formula is C13H14ClNO2. The van der Waals surface area contributed by atoms with Gasteiger partial charge in [-0.25, -0.2) is 0 Å². The molecule has 3 nitrogen and oxygen atoms in total. The van der Waals surface area contributed by atoms with Crippen LogP contribution in [0.5, 0.6) is 0 Å². The molecule has 0 saturated carbocycles. The average molecular weight is 252 g/mol. The molecule has 0 N–H and O–H groups in total. The molecule has 0 bridgehead atoms. The number of nitrogens with zero attached hydrogens (tertiary/aromatic N) is 1. The number of carbonyl (C=O) groups excluding carboxylic acids is 1. The van der Waals surface area contributed by atoms with Crippen molar-refractivity contribution in [3.63, 3.8) is 0 Å². The summed E-state index contributed by atoms with van der Waals surface area (Å²) >= 11 is 5.83. The topological polar surface area (TPSA) is 29.5 Å². The second-order valence-electron chi connectivity index (χ2n) is 3.94. The van der Waals surface area contributed by atoms with E-state index in [-0.39, 0.29) is 18.6 Å². The molecule has 90 valence electrons. The Bertz CT molecular complexity index is 416. The minimum absolute atomic E-state index is 0.00936. The van der Waals surface area contributed by atoms with Crippen LogP contribution in [0.15, 0.2) is 36.9 Å². The van der Waals surface area contributed by atoms with Crippen LogP contribution in [-0.4, -0.2) is 30.5 Å². The quantitative estimate of drug-likeness (QED) is 0.773. The SMILES string of the molecule is C=CCN1C[C@H](c2ccc(Cl)cc2)OCC1=O. The van der Waals surface area contributed by atoms with Gasteiger partial charge in [0.1, 0.15) is 12.7 Å². The summed E-state index contributed by atoms with van der Waals surface area (Å²) in [6.07, 6.45) is 1.65. The Labute approximate surface area is 106 Å². The largest absolute Gasteiger partial charge is 0.362 e. The maximum absolute atomic E-state index is 11.5. The van der Waals surface area contributed by atoms with E-state index < -0.39 is 0 Å². The van der Waals surface area contributed by atoms with Gasteiger partial charge in [0.2, 0.25) is 5.91 Å². The molecule has 1 amide bonds. The number of amides is 1. The number of morpholine rings is 1. The number of halogens is 1. The van der Waals surface area contributed by atoms with Crippen LogP contribution in [0.4, 0.5) is 0 Å². The van der Waals surface area contributed by atoms with Crippen LogP contribution in [0.3, 0.4) is 0 Å². The smallest absolute Gasteiger partial charge is 0.248 e. The minimum atomic E-state index is -0.0788. The summed E-state index contributed by atoms with van der Waals surface area (Å²) < 4.78 is 5.52. The third-order valence-electron chi connectivity index (χ3n) is 2.74. The second kappa shape index (κ2) is 5.34. The summed E-state index contributed by atoms with van der Waals surface area (Å²) in [4.78, 5) is 13.3. The molecule has 0 unspecified atom stereocenters. The van der Waals surface area contributed by atoms with Crippen molar-refractivity contribution in [1.82, 2.24) is 4.90 Å². The maximum Gasteiger partial charge on any atom is 0.248 e. The Morgan fingerprint density at radius 3 is 2.82 bits per heavy atom. The van der Waals surface area contributed by atoms with E-state index in [1.807, 2.05) is 24.3 Å². The lowest BCUT2D eigenvalue weighted by Crippen LogP contribution is -2.43. The molecule has 1 aromatic carbocycles. The molecule has 1 saturated heterocycles. The molecule has 2 rings (SSSR count). The van der Waals surface area contributed by atoms with Crippen molar-refractivity contribution >= 4 is 17.5 Å². The Kier molecular flexibility index (Phi) is 3.82. The standard InChI is InChI=1S/C13H14ClNO2/c1-2-7-15-8-12(17-9-13(15)16)10-3-5-11(14)6-4-10/h2-6,12H,1,7-9H2/t12-/m1/s1. The summed E-state index contributed by atoms with van der Waals surface area (Å²) in [6, 6.07) is 7.51. The van der Waals surface area contributed by atoms with E-state index in [0.29, 0.717) is 18.1 Å². The van der Waals surface area contributed by atoms with E-state index in [2.05, 4.69) is 6.58 Å². The maximum atomic E-state index is 11.5. The van der Waals surface area contributed by atoms with Crippen LogP contribution in [0, 0.1) is 0 Å². The number of ether oxygens (including phenoxy) is 1. The van der Waals surface area contributed by atoms with E-state index in [1.54, 1.807) is 11.0 Å². The zero-order valence-electron chi connectivity index (χ0n) is 9.43. The zero-order valence-corrected chi connectivity index (χ0v) is 10.2. The lowest BCUT2D eigenvalue weighted by atomic mass is 10.1. The van der Waals surface area contributed by atoms with Crippen molar-refractivity contribution in [2.75, 3.05) is 19.7 Å². The lowest BCUT2D eigenvalue weighted by molar-refractivity contribution is -0.148. The summed E-state index contributed by atoms with van der Waals surface area (Å²) in [5.74, 6) is 0.00936. The monoisotopic (exact) mass is 251 g/mol. The highest BCUT2D eigenvalue weighted by molar-refractivity contribution is 6.30. The average Bonchev–Trinajstić information content (AvgIpc) is 2.33. The number of hydrogen-bond acceptors (Lipinski definition) is 2. The van der Waals surface area contributed by atoms with E-state index >= 15 is 0 Å². The van der Waals surface area contributed by atoms with Gasteiger partial charge < -0.3 is 9.64 Å². The number of rotatable bonds is 3. The van der Waals surface area contributed by atoms with Crippen LogP contribution >= 0.6 is 11.6 Å². The number of carbonyl (C=O) groups is 1. The highest BCUT2D eigenvalue weighted by Gasteiger charge is 2.26. The van der Waals surface area contributed by atoms with Gasteiger partial charge in [0.15, 0.2) is 0 Å². The van der Waals surface area contributed by atoms with Crippen molar-refractivity contribution in [2.24, 2.45) is 0 Å². The van der Waals surface area contributed by atoms with Crippen molar-refractivity contribution in [3.8, 4) is 0 Å². The highest BCUT2D eigenvalue weighted by Crippen LogP contribution is 2.23. The predicted octanol–water partition coefficient (Wildman–Crippen LogP) is 2.43. The third kappa shape index (κ3) is 2.87. The molecule has 4 heteroatoms. The fraction of sp³-hybridized carbons (Fsp3) is 0.308. The summed E-state index contributed by atoms with van der Waals surface area (Å²) in [7, 11) is 0. The zero-order chi connectivity index (χ0) is 12.3. The lowest BCUT2D eigenvalue weighted by Gasteiger charge is -2.32. The van der Waals surface area contributed by atoms with E-state index in [0.717, 1.165) is 5.56 Å². The first-order chi connectivity index (χ1) is 8.20. The molecule has 0 aliphatic carbocycles. The number of hydrogen-bond donors (Lipinski definition) is 0. The molecular weight excluding hydrogens is 238 g/mol. The van der Waals surface area contributed by atoms with Gasteiger partial charge >= 0.3 is 0 Å². The van der Waals surface area contributed by atoms with Gasteiger partial charge in [0.05, 0.1) is 6.54 Å². The molecule has 1 atom stereocenters. The van der Waals surface area contributed by atoms with E-state index in [1.165, 1.54) is 0 Å². The van der Waals surface area contributed by atoms with Crippen LogP contribution in [0.1, 0.15) is 11.7 Å². The molecule has 0 spiro atoms. The molecule has 1 aliphatic rings. The van der Waals surface area contributed by atoms with E-state index in [9.17, 15) is 4.79 Å². The second-order valence-corrected chi connectivity index (χ2v) is 4.38. The first-order valence-electron chi connectivity index (χ1n) is 5.46. The normalized spacial score (nSPS) is 20.4. The molecule has 1 fully saturated rings. The first kappa shape index (κ1) is 12.1. The molecule has 1 aromatic rings. The number of benzene rings is 1. The van der Waals surface area contributed by atoms with Gasteiger partial charge in [-0.2, -0.15) is 0 Å². The molecule has 1 aliphatic heterocycles. The molecule has 0 radical (unpaired) electrons. The Morgan fingerprint density at radius 1 is 1.47 bits per heavy atom. The van der Waals surface area contributed by atoms with Crippen molar-refractivity contribution in [1.29, 1.82) is 0 Å². The molecule has 1 heterocycles. The Balaban J connectivity index is 2.09. The third-order valence-corrected chi connectivity index (χ3v) is 2.99. The van der Waals surface area contributed by atoms with Crippen LogP contribution in [0.2, 0.25) is 5.02 Å². The minimum Gasteiger partial charge on any atom is -0.362 e.